The molecule has 4 heterocycles. The summed E-state index contributed by atoms with van der Waals surface area (Å²) in [5.41, 5.74) is 12.4. The Morgan fingerprint density at radius 2 is 1.41 bits per heavy atom. The first-order valence-electron chi connectivity index (χ1n) is 15.9. The van der Waals surface area contributed by atoms with Crippen LogP contribution in [0.5, 0.6) is 0 Å². The van der Waals surface area contributed by atoms with Crippen LogP contribution in [-0.2, 0) is 0 Å². The molecular weight excluding hydrogens is 579 g/mol. The standard InChI is InChI=1S/C42H33N3S/c1-3-18-32-34(4-2)43(29-19-8-5-9-20-29)41-37(32)40-38(33-25-14-15-26-35(33)44(40)30-21-10-6-11-22-30)42-39(41)36-27-16-17-28-46(36)45(42)31-23-12-7-13-24-31/h3-28,33,35H,2H2,1H3. The van der Waals surface area contributed by atoms with Crippen LogP contribution in [-0.4, -0.2) is 15.5 Å². The molecule has 4 heteroatoms. The van der Waals surface area contributed by atoms with Crippen molar-refractivity contribution in [2.45, 2.75) is 18.9 Å². The lowest BCUT2D eigenvalue weighted by molar-refractivity contribution is 0.745. The zero-order valence-electron chi connectivity index (χ0n) is 25.6. The molecule has 0 spiro atoms. The Bertz CT molecular complexity index is 2230. The molecule has 222 valence electrons. The minimum atomic E-state index is -0.290. The molecule has 0 bridgehead atoms. The van der Waals surface area contributed by atoms with Gasteiger partial charge in [-0.15, -0.1) is 0 Å². The van der Waals surface area contributed by atoms with Crippen molar-refractivity contribution in [2.75, 3.05) is 9.21 Å². The van der Waals surface area contributed by atoms with Gasteiger partial charge < -0.3 is 9.47 Å². The van der Waals surface area contributed by atoms with E-state index in [9.17, 15) is 0 Å². The molecule has 4 aromatic carbocycles. The highest BCUT2D eigenvalue weighted by Crippen LogP contribution is 2.63. The fraction of sp³-hybridized carbons (Fsp3) is 0.0714. The fourth-order valence-corrected chi connectivity index (χ4v) is 9.84. The van der Waals surface area contributed by atoms with Crippen LogP contribution >= 0.6 is 10.7 Å². The summed E-state index contributed by atoms with van der Waals surface area (Å²) in [5.74, 6) is 0.189. The van der Waals surface area contributed by atoms with E-state index in [0.29, 0.717) is 0 Å². The van der Waals surface area contributed by atoms with Gasteiger partial charge in [0.2, 0.25) is 0 Å². The number of anilines is 4. The number of aromatic nitrogens is 1. The van der Waals surface area contributed by atoms with Crippen molar-refractivity contribution in [1.82, 2.24) is 4.57 Å². The average molecular weight is 612 g/mol. The Kier molecular flexibility index (Phi) is 6.25. The van der Waals surface area contributed by atoms with Crippen LogP contribution in [0.25, 0.3) is 28.7 Å². The number of hydrogen-bond donors (Lipinski definition) is 0. The van der Waals surface area contributed by atoms with Crippen molar-refractivity contribution in [2.24, 2.45) is 0 Å². The number of nitrogens with zero attached hydrogens (tertiary/aromatic N) is 3. The van der Waals surface area contributed by atoms with E-state index in [1.807, 2.05) is 6.08 Å². The number of allylic oxidation sites excluding steroid dienone is 6. The van der Waals surface area contributed by atoms with Gasteiger partial charge in [-0.1, -0.05) is 120 Å². The average Bonchev–Trinajstić information content (AvgIpc) is 3.75. The number of benzene rings is 4. The van der Waals surface area contributed by atoms with Crippen LogP contribution in [0.1, 0.15) is 35.2 Å². The highest BCUT2D eigenvalue weighted by Gasteiger charge is 2.47. The topological polar surface area (TPSA) is 11.4 Å². The van der Waals surface area contributed by atoms with Crippen molar-refractivity contribution in [3.63, 3.8) is 0 Å². The highest BCUT2D eigenvalue weighted by atomic mass is 32.2. The summed E-state index contributed by atoms with van der Waals surface area (Å²) < 4.78 is 5.08. The molecule has 0 saturated heterocycles. The minimum absolute atomic E-state index is 0.155. The molecule has 3 nitrogen and oxygen atoms in total. The number of fused-ring (bicyclic) bond motifs is 9. The van der Waals surface area contributed by atoms with E-state index in [0.717, 1.165) is 11.4 Å². The van der Waals surface area contributed by atoms with Crippen LogP contribution in [0, 0.1) is 0 Å². The summed E-state index contributed by atoms with van der Waals surface area (Å²) in [6, 6.07) is 32.8. The van der Waals surface area contributed by atoms with Gasteiger partial charge in [0.05, 0.1) is 34.3 Å². The van der Waals surface area contributed by atoms with E-state index in [1.165, 1.54) is 55.2 Å². The predicted molar refractivity (Wildman–Crippen MR) is 200 cm³/mol. The summed E-state index contributed by atoms with van der Waals surface area (Å²) >= 11 is 0. The molecule has 1 aromatic heterocycles. The third kappa shape index (κ3) is 3.71. The van der Waals surface area contributed by atoms with Gasteiger partial charge in [-0.3, -0.25) is 4.31 Å². The van der Waals surface area contributed by atoms with Gasteiger partial charge in [-0.05, 0) is 60.9 Å². The highest BCUT2D eigenvalue weighted by molar-refractivity contribution is 8.20. The quantitative estimate of drug-likeness (QED) is 0.183. The smallest absolute Gasteiger partial charge is 0.0689 e. The van der Waals surface area contributed by atoms with E-state index in [-0.39, 0.29) is 22.6 Å². The normalized spacial score (nSPS) is 20.5. The third-order valence-corrected chi connectivity index (χ3v) is 11.4. The molecule has 5 aromatic rings. The lowest BCUT2D eigenvalue weighted by Gasteiger charge is -2.29. The number of para-hydroxylation sites is 3. The van der Waals surface area contributed by atoms with Crippen molar-refractivity contribution >= 4 is 61.3 Å². The summed E-state index contributed by atoms with van der Waals surface area (Å²) in [6.07, 6.45) is 22.5. The van der Waals surface area contributed by atoms with Gasteiger partial charge in [0.15, 0.2) is 0 Å². The molecule has 3 atom stereocenters. The van der Waals surface area contributed by atoms with Gasteiger partial charge >= 0.3 is 0 Å². The molecule has 0 radical (unpaired) electrons. The van der Waals surface area contributed by atoms with Gasteiger partial charge in [-0.2, -0.15) is 0 Å². The first kappa shape index (κ1) is 27.0. The molecule has 3 aliphatic heterocycles. The molecule has 0 N–H and O–H groups in total. The van der Waals surface area contributed by atoms with E-state index >= 15 is 0 Å². The van der Waals surface area contributed by atoms with Crippen LogP contribution in [0.3, 0.4) is 0 Å². The monoisotopic (exact) mass is 611 g/mol. The second-order valence-corrected chi connectivity index (χ2v) is 13.6. The molecule has 1 aliphatic carbocycles. The first-order valence-corrected chi connectivity index (χ1v) is 17.1. The molecule has 4 aliphatic rings. The van der Waals surface area contributed by atoms with Crippen LogP contribution in [0.15, 0.2) is 152 Å². The van der Waals surface area contributed by atoms with Crippen molar-refractivity contribution in [1.29, 1.82) is 0 Å². The summed E-state index contributed by atoms with van der Waals surface area (Å²) in [7, 11) is -0.290. The Balaban J connectivity index is 1.55. The summed E-state index contributed by atoms with van der Waals surface area (Å²) in [5, 5.41) is 3.66. The van der Waals surface area contributed by atoms with Gasteiger partial charge in [0, 0.05) is 44.2 Å². The van der Waals surface area contributed by atoms with Gasteiger partial charge in [0.1, 0.15) is 0 Å². The van der Waals surface area contributed by atoms with Gasteiger partial charge in [-0.25, -0.2) is 0 Å². The zero-order valence-corrected chi connectivity index (χ0v) is 26.4. The van der Waals surface area contributed by atoms with Crippen molar-refractivity contribution in [3.8, 4) is 5.69 Å². The molecular formula is C42H33N3S. The second-order valence-electron chi connectivity index (χ2n) is 11.9. The van der Waals surface area contributed by atoms with Crippen LogP contribution in [0.4, 0.5) is 22.7 Å². The molecule has 0 amide bonds. The maximum absolute atomic E-state index is 4.40. The summed E-state index contributed by atoms with van der Waals surface area (Å²) in [4.78, 5) is 3.96. The Morgan fingerprint density at radius 1 is 0.739 bits per heavy atom. The third-order valence-electron chi connectivity index (χ3n) is 9.45. The summed E-state index contributed by atoms with van der Waals surface area (Å²) in [6.45, 7) is 6.52. The van der Waals surface area contributed by atoms with Crippen molar-refractivity contribution < 1.29 is 0 Å². The van der Waals surface area contributed by atoms with E-state index < -0.39 is 0 Å². The lowest BCUT2D eigenvalue weighted by atomic mass is 9.86. The Hall–Kier alpha value is -5.32. The van der Waals surface area contributed by atoms with Crippen molar-refractivity contribution in [3.05, 3.63) is 174 Å². The van der Waals surface area contributed by atoms with E-state index in [2.05, 4.69) is 178 Å². The maximum atomic E-state index is 4.40. The first-order chi connectivity index (χ1) is 22.8. The minimum Gasteiger partial charge on any atom is -0.333 e. The van der Waals surface area contributed by atoms with E-state index in [4.69, 9.17) is 0 Å². The van der Waals surface area contributed by atoms with Crippen LogP contribution < -0.4 is 9.21 Å². The van der Waals surface area contributed by atoms with Gasteiger partial charge in [0.25, 0.3) is 0 Å². The molecule has 3 unspecified atom stereocenters. The fourth-order valence-electron chi connectivity index (χ4n) is 7.78. The largest absolute Gasteiger partial charge is 0.333 e. The molecule has 0 fully saturated rings. The maximum Gasteiger partial charge on any atom is 0.0689 e. The Morgan fingerprint density at radius 3 is 2.11 bits per heavy atom. The molecule has 0 saturated carbocycles. The molecule has 9 rings (SSSR count). The second kappa shape index (κ2) is 10.6. The SMILES string of the molecule is C=Cc1c(C=CC)c2c3c(c4c(c2n1-c1ccccc1)C1=S(C=CC=C1)N4c1ccccc1)C1C=CC=CC1N3c1ccccc1. The Labute approximate surface area is 272 Å². The molecule has 46 heavy (non-hydrogen) atoms. The zero-order chi connectivity index (χ0) is 30.8. The number of rotatable bonds is 5. The number of hydrogen-bond acceptors (Lipinski definition) is 2. The van der Waals surface area contributed by atoms with E-state index in [1.54, 1.807) is 0 Å². The lowest BCUT2D eigenvalue weighted by Crippen LogP contribution is -2.28. The van der Waals surface area contributed by atoms with Crippen LogP contribution in [0.2, 0.25) is 0 Å². The predicted octanol–water partition coefficient (Wildman–Crippen LogP) is 11.0.